The minimum absolute atomic E-state index is 0.0570. The first-order valence-corrected chi connectivity index (χ1v) is 8.18. The van der Waals surface area contributed by atoms with Crippen LogP contribution in [0.4, 0.5) is 10.1 Å². The van der Waals surface area contributed by atoms with E-state index in [-0.39, 0.29) is 15.6 Å². The van der Waals surface area contributed by atoms with Crippen molar-refractivity contribution in [3.63, 3.8) is 0 Å². The molecule has 0 bridgehead atoms. The topological polar surface area (TPSA) is 55.4 Å². The molecule has 0 saturated heterocycles. The molecular formula is C18H16Cl2FNO3. The fourth-order valence-electron chi connectivity index (χ4n) is 2.14. The fraction of sp³-hybridized carbons (Fsp3) is 0.222. The van der Waals surface area contributed by atoms with Crippen molar-refractivity contribution in [1.82, 2.24) is 0 Å². The molecule has 0 heterocycles. The van der Waals surface area contributed by atoms with Gasteiger partial charge in [0.05, 0.1) is 15.6 Å². The molecule has 25 heavy (non-hydrogen) atoms. The third-order valence-corrected chi connectivity index (χ3v) is 4.13. The SMILES string of the molecule is Cc1ccc(NC(=O)[C@H](C)OC(=O)c2cc(F)c(Cl)cc2Cl)c(C)c1. The monoisotopic (exact) mass is 383 g/mol. The maximum atomic E-state index is 13.5. The van der Waals surface area contributed by atoms with E-state index in [1.54, 1.807) is 6.07 Å². The van der Waals surface area contributed by atoms with Crippen LogP contribution in [0.25, 0.3) is 0 Å². The van der Waals surface area contributed by atoms with Gasteiger partial charge in [-0.15, -0.1) is 0 Å². The van der Waals surface area contributed by atoms with Crippen LogP contribution in [0.15, 0.2) is 30.3 Å². The van der Waals surface area contributed by atoms with Gasteiger partial charge in [-0.05, 0) is 44.5 Å². The molecule has 2 aromatic carbocycles. The summed E-state index contributed by atoms with van der Waals surface area (Å²) >= 11 is 11.5. The second kappa shape index (κ2) is 7.85. The standard InChI is InChI=1S/C18H16Cl2FNO3/c1-9-4-5-16(10(2)6-9)22-17(23)11(3)25-18(24)12-7-15(21)14(20)8-13(12)19/h4-8,11H,1-3H3,(H,22,23)/t11-/m0/s1. The number of ether oxygens (including phenoxy) is 1. The van der Waals surface area contributed by atoms with Crippen LogP contribution in [0, 0.1) is 19.7 Å². The molecule has 0 unspecified atom stereocenters. The summed E-state index contributed by atoms with van der Waals surface area (Å²) in [7, 11) is 0. The van der Waals surface area contributed by atoms with Gasteiger partial charge < -0.3 is 10.1 Å². The fourth-order valence-corrected chi connectivity index (χ4v) is 2.61. The van der Waals surface area contributed by atoms with E-state index in [0.717, 1.165) is 23.3 Å². The smallest absolute Gasteiger partial charge is 0.340 e. The van der Waals surface area contributed by atoms with Crippen molar-refractivity contribution in [1.29, 1.82) is 0 Å². The van der Waals surface area contributed by atoms with Crippen LogP contribution in [0.2, 0.25) is 10.0 Å². The Morgan fingerprint density at radius 1 is 1.12 bits per heavy atom. The molecule has 0 aromatic heterocycles. The van der Waals surface area contributed by atoms with Crippen LogP contribution in [-0.4, -0.2) is 18.0 Å². The number of carbonyl (C=O) groups excluding carboxylic acids is 2. The molecule has 0 spiro atoms. The minimum atomic E-state index is -1.09. The van der Waals surface area contributed by atoms with E-state index in [0.29, 0.717) is 5.69 Å². The van der Waals surface area contributed by atoms with E-state index >= 15 is 0 Å². The molecule has 0 aliphatic carbocycles. The molecule has 0 fully saturated rings. The average Bonchev–Trinajstić information content (AvgIpc) is 2.53. The number of hydrogen-bond acceptors (Lipinski definition) is 3. The summed E-state index contributed by atoms with van der Waals surface area (Å²) in [4.78, 5) is 24.3. The largest absolute Gasteiger partial charge is 0.449 e. The Balaban J connectivity index is 2.08. The number of anilines is 1. The lowest BCUT2D eigenvalue weighted by molar-refractivity contribution is -0.123. The van der Waals surface area contributed by atoms with Crippen LogP contribution < -0.4 is 5.32 Å². The summed E-state index contributed by atoms with van der Waals surface area (Å²) in [6.07, 6.45) is -1.09. The Labute approximate surface area is 154 Å². The van der Waals surface area contributed by atoms with E-state index < -0.39 is 23.8 Å². The van der Waals surface area contributed by atoms with Crippen molar-refractivity contribution >= 4 is 40.8 Å². The minimum Gasteiger partial charge on any atom is -0.449 e. The molecular weight excluding hydrogens is 368 g/mol. The molecule has 1 N–H and O–H groups in total. The van der Waals surface area contributed by atoms with Crippen molar-refractivity contribution in [3.8, 4) is 0 Å². The predicted octanol–water partition coefficient (Wildman–Crippen LogP) is 4.93. The quantitative estimate of drug-likeness (QED) is 0.601. The summed E-state index contributed by atoms with van der Waals surface area (Å²) in [5.41, 5.74) is 2.37. The first-order valence-electron chi connectivity index (χ1n) is 7.42. The molecule has 7 heteroatoms. The summed E-state index contributed by atoms with van der Waals surface area (Å²) in [5, 5.41) is 2.42. The van der Waals surface area contributed by atoms with Gasteiger partial charge >= 0.3 is 5.97 Å². The van der Waals surface area contributed by atoms with E-state index in [9.17, 15) is 14.0 Å². The summed E-state index contributed by atoms with van der Waals surface area (Å²) < 4.78 is 18.6. The van der Waals surface area contributed by atoms with Crippen LogP contribution in [0.1, 0.15) is 28.4 Å². The third kappa shape index (κ3) is 4.71. The Morgan fingerprint density at radius 3 is 2.44 bits per heavy atom. The predicted molar refractivity (Wildman–Crippen MR) is 95.8 cm³/mol. The number of carbonyl (C=O) groups is 2. The number of amides is 1. The lowest BCUT2D eigenvalue weighted by atomic mass is 10.1. The third-order valence-electron chi connectivity index (χ3n) is 3.52. The normalized spacial score (nSPS) is 11.8. The molecule has 2 rings (SSSR count). The molecule has 1 amide bonds. The number of halogens is 3. The van der Waals surface area contributed by atoms with Gasteiger partial charge in [0.15, 0.2) is 6.10 Å². The summed E-state index contributed by atoms with van der Waals surface area (Å²) in [6, 6.07) is 7.53. The molecule has 0 radical (unpaired) electrons. The van der Waals surface area contributed by atoms with Gasteiger partial charge in [-0.1, -0.05) is 40.9 Å². The van der Waals surface area contributed by atoms with Gasteiger partial charge in [0.2, 0.25) is 0 Å². The van der Waals surface area contributed by atoms with E-state index in [1.807, 2.05) is 26.0 Å². The van der Waals surface area contributed by atoms with Crippen LogP contribution in [-0.2, 0) is 9.53 Å². The van der Waals surface area contributed by atoms with E-state index in [1.165, 1.54) is 6.92 Å². The summed E-state index contributed by atoms with van der Waals surface area (Å²) in [6.45, 7) is 5.21. The Morgan fingerprint density at radius 2 is 1.80 bits per heavy atom. The Kier molecular flexibility index (Phi) is 6.03. The van der Waals surface area contributed by atoms with Gasteiger partial charge in [0.25, 0.3) is 5.91 Å². The highest BCUT2D eigenvalue weighted by molar-refractivity contribution is 6.36. The van der Waals surface area contributed by atoms with Gasteiger partial charge in [-0.2, -0.15) is 0 Å². The average molecular weight is 384 g/mol. The second-order valence-corrected chi connectivity index (χ2v) is 6.42. The Hall–Kier alpha value is -2.11. The zero-order valence-electron chi connectivity index (χ0n) is 13.8. The van der Waals surface area contributed by atoms with Gasteiger partial charge in [-0.3, -0.25) is 4.79 Å². The molecule has 4 nitrogen and oxygen atoms in total. The number of hydrogen-bond donors (Lipinski definition) is 1. The van der Waals surface area contributed by atoms with E-state index in [4.69, 9.17) is 27.9 Å². The number of aryl methyl sites for hydroxylation is 2. The van der Waals surface area contributed by atoms with Crippen molar-refractivity contribution in [2.45, 2.75) is 26.9 Å². The lowest BCUT2D eigenvalue weighted by Crippen LogP contribution is -2.30. The zero-order chi connectivity index (χ0) is 18.7. The first kappa shape index (κ1) is 19.2. The zero-order valence-corrected chi connectivity index (χ0v) is 15.3. The molecule has 0 saturated carbocycles. The highest BCUT2D eigenvalue weighted by Crippen LogP contribution is 2.25. The second-order valence-electron chi connectivity index (χ2n) is 5.60. The number of nitrogens with one attached hydrogen (secondary N) is 1. The maximum absolute atomic E-state index is 13.5. The van der Waals surface area contributed by atoms with Crippen LogP contribution >= 0.6 is 23.2 Å². The molecule has 132 valence electrons. The molecule has 1 atom stereocenters. The van der Waals surface area contributed by atoms with Crippen molar-refractivity contribution in [3.05, 3.63) is 62.9 Å². The van der Waals surface area contributed by atoms with Crippen molar-refractivity contribution < 1.29 is 18.7 Å². The Bertz CT molecular complexity index is 839. The highest BCUT2D eigenvalue weighted by atomic mass is 35.5. The number of esters is 1. The van der Waals surface area contributed by atoms with Crippen molar-refractivity contribution in [2.75, 3.05) is 5.32 Å². The summed E-state index contributed by atoms with van der Waals surface area (Å²) in [5.74, 6) is -2.22. The van der Waals surface area contributed by atoms with Gasteiger partial charge in [0, 0.05) is 5.69 Å². The molecule has 0 aliphatic rings. The highest BCUT2D eigenvalue weighted by Gasteiger charge is 2.22. The van der Waals surface area contributed by atoms with Gasteiger partial charge in [0.1, 0.15) is 5.82 Å². The lowest BCUT2D eigenvalue weighted by Gasteiger charge is -2.15. The number of rotatable bonds is 4. The molecule has 0 aliphatic heterocycles. The van der Waals surface area contributed by atoms with Crippen LogP contribution in [0.3, 0.4) is 0 Å². The number of benzene rings is 2. The maximum Gasteiger partial charge on any atom is 0.340 e. The molecule has 2 aromatic rings. The van der Waals surface area contributed by atoms with Crippen molar-refractivity contribution in [2.24, 2.45) is 0 Å². The van der Waals surface area contributed by atoms with Crippen LogP contribution in [0.5, 0.6) is 0 Å². The van der Waals surface area contributed by atoms with E-state index in [2.05, 4.69) is 5.32 Å². The first-order chi connectivity index (χ1) is 11.7. The van der Waals surface area contributed by atoms with Gasteiger partial charge in [-0.25, -0.2) is 9.18 Å².